The lowest BCUT2D eigenvalue weighted by atomic mass is 10.1. The molecular weight excluding hydrogens is 238 g/mol. The van der Waals surface area contributed by atoms with Crippen LogP contribution in [-0.4, -0.2) is 10.9 Å². The molecular formula is C7H10BrN3S. The molecule has 0 aromatic carbocycles. The van der Waals surface area contributed by atoms with Crippen molar-refractivity contribution >= 4 is 33.1 Å². The average Bonchev–Trinajstić information content (AvgIpc) is 2.82. The maximum Gasteiger partial charge on any atom is 0.166 e. The first-order valence-electron chi connectivity index (χ1n) is 3.67. The van der Waals surface area contributed by atoms with Gasteiger partial charge in [0.2, 0.25) is 0 Å². The van der Waals surface area contributed by atoms with E-state index in [0.717, 1.165) is 18.6 Å². The molecule has 0 radical (unpaired) electrons. The van der Waals surface area contributed by atoms with Crippen LogP contribution in [0.5, 0.6) is 0 Å². The van der Waals surface area contributed by atoms with Crippen molar-refractivity contribution in [3.8, 4) is 6.07 Å². The van der Waals surface area contributed by atoms with E-state index in [1.807, 2.05) is 0 Å². The Hall–Kier alpha value is -0.210. The Balaban J connectivity index is 2.28. The zero-order valence-electron chi connectivity index (χ0n) is 6.59. The van der Waals surface area contributed by atoms with Gasteiger partial charge in [-0.1, -0.05) is 11.8 Å². The SMILES string of the molecule is N#CCC1(CSC(N)=NBr)CC1. The van der Waals surface area contributed by atoms with Crippen LogP contribution in [0.2, 0.25) is 0 Å². The van der Waals surface area contributed by atoms with Gasteiger partial charge in [-0.25, -0.2) is 0 Å². The normalized spacial score (nSPS) is 20.2. The van der Waals surface area contributed by atoms with Crippen LogP contribution in [-0.2, 0) is 0 Å². The van der Waals surface area contributed by atoms with E-state index in [9.17, 15) is 0 Å². The van der Waals surface area contributed by atoms with Gasteiger partial charge in [0, 0.05) is 12.2 Å². The smallest absolute Gasteiger partial charge is 0.166 e. The quantitative estimate of drug-likeness (QED) is 0.614. The minimum Gasteiger partial charge on any atom is -0.378 e. The molecule has 0 aromatic heterocycles. The van der Waals surface area contributed by atoms with Crippen molar-refractivity contribution in [3.05, 3.63) is 0 Å². The lowest BCUT2D eigenvalue weighted by molar-refractivity contribution is 0.605. The third-order valence-corrected chi connectivity index (χ3v) is 3.78. The molecule has 5 heteroatoms. The van der Waals surface area contributed by atoms with Crippen molar-refractivity contribution < 1.29 is 0 Å². The predicted molar refractivity (Wildman–Crippen MR) is 54.9 cm³/mol. The van der Waals surface area contributed by atoms with Crippen molar-refractivity contribution in [2.45, 2.75) is 19.3 Å². The molecule has 0 bridgehead atoms. The fraction of sp³-hybridized carbons (Fsp3) is 0.714. The Morgan fingerprint density at radius 3 is 2.83 bits per heavy atom. The predicted octanol–water partition coefficient (Wildman–Crippen LogP) is 2.04. The largest absolute Gasteiger partial charge is 0.378 e. The second-order valence-electron chi connectivity index (χ2n) is 3.05. The highest BCUT2D eigenvalue weighted by molar-refractivity contribution is 9.08. The molecule has 2 N–H and O–H groups in total. The summed E-state index contributed by atoms with van der Waals surface area (Å²) in [7, 11) is 0. The van der Waals surface area contributed by atoms with Gasteiger partial charge >= 0.3 is 0 Å². The fourth-order valence-corrected chi connectivity index (χ4v) is 2.17. The minimum atomic E-state index is 0.252. The summed E-state index contributed by atoms with van der Waals surface area (Å²) < 4.78 is 3.67. The van der Waals surface area contributed by atoms with Crippen molar-refractivity contribution in [3.63, 3.8) is 0 Å². The Morgan fingerprint density at radius 2 is 2.42 bits per heavy atom. The Morgan fingerprint density at radius 1 is 1.75 bits per heavy atom. The molecule has 66 valence electrons. The topological polar surface area (TPSA) is 62.2 Å². The maximum absolute atomic E-state index is 8.53. The molecule has 0 unspecified atom stereocenters. The lowest BCUT2D eigenvalue weighted by Crippen LogP contribution is -2.11. The first-order valence-corrected chi connectivity index (χ1v) is 5.36. The minimum absolute atomic E-state index is 0.252. The monoisotopic (exact) mass is 247 g/mol. The molecule has 0 amide bonds. The summed E-state index contributed by atoms with van der Waals surface area (Å²) in [6.07, 6.45) is 2.96. The second-order valence-corrected chi connectivity index (χ2v) is 4.40. The molecule has 1 aliphatic carbocycles. The maximum atomic E-state index is 8.53. The van der Waals surface area contributed by atoms with Gasteiger partial charge in [0.25, 0.3) is 0 Å². The summed E-state index contributed by atoms with van der Waals surface area (Å²) in [5.74, 6) is 0.918. The Labute approximate surface area is 84.8 Å². The number of halogens is 1. The van der Waals surface area contributed by atoms with Crippen molar-refractivity contribution in [1.82, 2.24) is 0 Å². The van der Waals surface area contributed by atoms with Crippen LogP contribution < -0.4 is 5.73 Å². The molecule has 0 aliphatic heterocycles. The number of rotatable bonds is 3. The van der Waals surface area contributed by atoms with Gasteiger partial charge < -0.3 is 5.73 Å². The fourth-order valence-electron chi connectivity index (χ4n) is 0.968. The summed E-state index contributed by atoms with van der Waals surface area (Å²) in [4.78, 5) is 0. The third kappa shape index (κ3) is 2.68. The van der Waals surface area contributed by atoms with Gasteiger partial charge in [-0.2, -0.15) is 9.28 Å². The van der Waals surface area contributed by atoms with Crippen LogP contribution in [0.25, 0.3) is 0 Å². The van der Waals surface area contributed by atoms with E-state index >= 15 is 0 Å². The molecule has 12 heavy (non-hydrogen) atoms. The molecule has 1 aliphatic rings. The summed E-state index contributed by atoms with van der Waals surface area (Å²) in [6, 6.07) is 2.21. The third-order valence-electron chi connectivity index (χ3n) is 2.02. The van der Waals surface area contributed by atoms with Crippen LogP contribution in [0.15, 0.2) is 4.02 Å². The van der Waals surface area contributed by atoms with Gasteiger partial charge in [-0.15, -0.1) is 0 Å². The summed E-state index contributed by atoms with van der Waals surface area (Å²) in [5.41, 5.74) is 5.74. The molecule has 0 aromatic rings. The summed E-state index contributed by atoms with van der Waals surface area (Å²) in [6.45, 7) is 0. The van der Waals surface area contributed by atoms with Crippen molar-refractivity contribution in [2.75, 3.05) is 5.75 Å². The molecule has 0 saturated heterocycles. The van der Waals surface area contributed by atoms with E-state index in [1.54, 1.807) is 0 Å². The Bertz CT molecular complexity index is 229. The number of amidine groups is 1. The Kier molecular flexibility index (Phi) is 3.41. The molecule has 0 heterocycles. The van der Waals surface area contributed by atoms with E-state index < -0.39 is 0 Å². The average molecular weight is 248 g/mol. The number of thioether (sulfide) groups is 1. The highest BCUT2D eigenvalue weighted by Crippen LogP contribution is 2.50. The van der Waals surface area contributed by atoms with Gasteiger partial charge in [0.05, 0.1) is 22.2 Å². The van der Waals surface area contributed by atoms with E-state index in [4.69, 9.17) is 11.0 Å². The first kappa shape index (κ1) is 9.87. The van der Waals surface area contributed by atoms with Gasteiger partial charge in [-0.05, 0) is 18.3 Å². The van der Waals surface area contributed by atoms with Gasteiger partial charge in [0.15, 0.2) is 5.17 Å². The van der Waals surface area contributed by atoms with Crippen LogP contribution in [0.4, 0.5) is 0 Å². The zero-order chi connectivity index (χ0) is 9.03. The van der Waals surface area contributed by atoms with Crippen molar-refractivity contribution in [2.24, 2.45) is 15.2 Å². The van der Waals surface area contributed by atoms with E-state index in [2.05, 4.69) is 26.2 Å². The van der Waals surface area contributed by atoms with Crippen LogP contribution in [0.1, 0.15) is 19.3 Å². The van der Waals surface area contributed by atoms with E-state index in [0.29, 0.717) is 11.6 Å². The number of nitrogens with two attached hydrogens (primary N) is 1. The number of hydrogen-bond acceptors (Lipinski definition) is 3. The molecule has 1 fully saturated rings. The highest BCUT2D eigenvalue weighted by Gasteiger charge is 2.42. The standard InChI is InChI=1S/C7H10BrN3S/c8-11-6(10)12-5-7(1-2-7)3-4-9/h1-3,5H2,(H2,10,11). The van der Waals surface area contributed by atoms with E-state index in [-0.39, 0.29) is 5.41 Å². The van der Waals surface area contributed by atoms with Crippen LogP contribution in [0.3, 0.4) is 0 Å². The lowest BCUT2D eigenvalue weighted by Gasteiger charge is -2.08. The van der Waals surface area contributed by atoms with Gasteiger partial charge in [-0.3, -0.25) is 0 Å². The molecule has 1 saturated carbocycles. The first-order chi connectivity index (χ1) is 5.72. The van der Waals surface area contributed by atoms with Gasteiger partial charge in [0.1, 0.15) is 0 Å². The number of nitriles is 1. The van der Waals surface area contributed by atoms with Crippen LogP contribution >= 0.6 is 27.9 Å². The second kappa shape index (κ2) is 4.15. The number of nitrogens with zero attached hydrogens (tertiary/aromatic N) is 2. The van der Waals surface area contributed by atoms with Crippen molar-refractivity contribution in [1.29, 1.82) is 5.26 Å². The summed E-state index contributed by atoms with van der Waals surface area (Å²) in [5, 5.41) is 9.08. The zero-order valence-corrected chi connectivity index (χ0v) is 8.99. The van der Waals surface area contributed by atoms with E-state index in [1.165, 1.54) is 11.8 Å². The van der Waals surface area contributed by atoms with Crippen LogP contribution in [0, 0.1) is 16.7 Å². The highest BCUT2D eigenvalue weighted by atomic mass is 79.9. The number of hydrogen-bond donors (Lipinski definition) is 1. The molecule has 1 rings (SSSR count). The molecule has 0 atom stereocenters. The molecule has 0 spiro atoms. The molecule has 3 nitrogen and oxygen atoms in total. The summed E-state index contributed by atoms with van der Waals surface area (Å²) >= 11 is 4.43.